The van der Waals surface area contributed by atoms with E-state index in [-0.39, 0.29) is 18.0 Å². The zero-order valence-corrected chi connectivity index (χ0v) is 11.7. The molecule has 2 N–H and O–H groups in total. The first-order chi connectivity index (χ1) is 10.3. The highest BCUT2D eigenvalue weighted by molar-refractivity contribution is 5.93. The summed E-state index contributed by atoms with van der Waals surface area (Å²) in [5.74, 6) is -0.203. The zero-order valence-electron chi connectivity index (χ0n) is 11.7. The van der Waals surface area contributed by atoms with Crippen molar-refractivity contribution in [3.63, 3.8) is 0 Å². The largest absolute Gasteiger partial charge is 0.379 e. The number of morpholine rings is 1. The first-order valence-electron chi connectivity index (χ1n) is 7.07. The number of amides is 1. The minimum atomic E-state index is -0.203. The summed E-state index contributed by atoms with van der Waals surface area (Å²) in [7, 11) is 0. The summed E-state index contributed by atoms with van der Waals surface area (Å²) in [6, 6.07) is 3.69. The number of nitrogens with zero attached hydrogens (tertiary/aromatic N) is 2. The Morgan fingerprint density at radius 2 is 2.19 bits per heavy atom. The van der Waals surface area contributed by atoms with E-state index in [1.807, 2.05) is 6.07 Å². The van der Waals surface area contributed by atoms with Gasteiger partial charge in [0.1, 0.15) is 11.8 Å². The standard InChI is InChI=1S/C14H18N4O3/c15-6-10-5-11(16-7-10)14(19)17-12-8-21-9-13(12)18-1-3-20-4-2-18/h5,7,12-13,16H,1-4,8-9H2,(H,17,19)/t12-,13-/m0/s1. The number of nitrogens with one attached hydrogen (secondary N) is 2. The molecule has 21 heavy (non-hydrogen) atoms. The van der Waals surface area contributed by atoms with Crippen LogP contribution >= 0.6 is 0 Å². The van der Waals surface area contributed by atoms with E-state index in [1.165, 1.54) is 6.20 Å². The fourth-order valence-electron chi connectivity index (χ4n) is 2.79. The van der Waals surface area contributed by atoms with Crippen LogP contribution in [0.25, 0.3) is 0 Å². The SMILES string of the molecule is N#Cc1c[nH]c(C(=O)N[C@H]2COC[C@@H]2N2CCOCC2)c1. The molecule has 0 bridgehead atoms. The van der Waals surface area contributed by atoms with Crippen LogP contribution in [0.4, 0.5) is 0 Å². The van der Waals surface area contributed by atoms with Gasteiger partial charge in [0.15, 0.2) is 0 Å². The molecular weight excluding hydrogens is 272 g/mol. The molecule has 0 aliphatic carbocycles. The average Bonchev–Trinajstić information content (AvgIpc) is 3.17. The van der Waals surface area contributed by atoms with Crippen molar-refractivity contribution in [3.05, 3.63) is 23.5 Å². The van der Waals surface area contributed by atoms with Crippen molar-refractivity contribution in [1.82, 2.24) is 15.2 Å². The first kappa shape index (κ1) is 14.1. The van der Waals surface area contributed by atoms with Crippen molar-refractivity contribution in [2.24, 2.45) is 0 Å². The molecule has 0 spiro atoms. The van der Waals surface area contributed by atoms with Gasteiger partial charge in [-0.25, -0.2) is 0 Å². The number of carbonyl (C=O) groups excluding carboxylic acids is 1. The smallest absolute Gasteiger partial charge is 0.268 e. The van der Waals surface area contributed by atoms with Gasteiger partial charge in [0.25, 0.3) is 5.91 Å². The maximum absolute atomic E-state index is 12.2. The quantitative estimate of drug-likeness (QED) is 0.799. The number of aromatic nitrogens is 1. The van der Waals surface area contributed by atoms with Crippen LogP contribution in [0, 0.1) is 11.3 Å². The Labute approximate surface area is 122 Å². The highest BCUT2D eigenvalue weighted by Crippen LogP contribution is 2.15. The highest BCUT2D eigenvalue weighted by Gasteiger charge is 2.35. The number of ether oxygens (including phenoxy) is 2. The van der Waals surface area contributed by atoms with Gasteiger partial charge in [0.2, 0.25) is 0 Å². The Kier molecular flexibility index (Phi) is 4.20. The normalized spacial score (nSPS) is 26.4. The van der Waals surface area contributed by atoms with Gasteiger partial charge in [-0.1, -0.05) is 0 Å². The van der Waals surface area contributed by atoms with Gasteiger partial charge in [0, 0.05) is 19.3 Å². The van der Waals surface area contributed by atoms with Gasteiger partial charge < -0.3 is 19.8 Å². The molecule has 7 heteroatoms. The van der Waals surface area contributed by atoms with E-state index in [0.717, 1.165) is 26.3 Å². The van der Waals surface area contributed by atoms with Gasteiger partial charge >= 0.3 is 0 Å². The molecule has 0 aromatic carbocycles. The molecule has 2 aliphatic heterocycles. The number of hydrogen-bond acceptors (Lipinski definition) is 5. The number of H-pyrrole nitrogens is 1. The third kappa shape index (κ3) is 3.08. The number of rotatable bonds is 3. The van der Waals surface area contributed by atoms with Crippen LogP contribution in [0.5, 0.6) is 0 Å². The monoisotopic (exact) mass is 290 g/mol. The Morgan fingerprint density at radius 3 is 2.90 bits per heavy atom. The molecule has 7 nitrogen and oxygen atoms in total. The van der Waals surface area contributed by atoms with Crippen molar-refractivity contribution >= 4 is 5.91 Å². The van der Waals surface area contributed by atoms with Crippen LogP contribution in [0.15, 0.2) is 12.3 Å². The molecule has 0 saturated carbocycles. The summed E-state index contributed by atoms with van der Waals surface area (Å²) in [5, 5.41) is 11.8. The van der Waals surface area contributed by atoms with Crippen LogP contribution in [0.2, 0.25) is 0 Å². The van der Waals surface area contributed by atoms with Gasteiger partial charge in [-0.15, -0.1) is 0 Å². The predicted octanol–water partition coefficient (Wildman–Crippen LogP) is -0.284. The molecule has 2 saturated heterocycles. The summed E-state index contributed by atoms with van der Waals surface area (Å²) in [5.41, 5.74) is 0.853. The summed E-state index contributed by atoms with van der Waals surface area (Å²) in [6.07, 6.45) is 1.53. The van der Waals surface area contributed by atoms with Crippen molar-refractivity contribution in [2.75, 3.05) is 39.5 Å². The fourth-order valence-corrected chi connectivity index (χ4v) is 2.79. The maximum atomic E-state index is 12.2. The van der Waals surface area contributed by atoms with Crippen LogP contribution in [-0.4, -0.2) is 67.4 Å². The minimum Gasteiger partial charge on any atom is -0.379 e. The van der Waals surface area contributed by atoms with E-state index in [1.54, 1.807) is 6.07 Å². The third-order valence-electron chi connectivity index (χ3n) is 3.94. The molecule has 112 valence electrons. The third-order valence-corrected chi connectivity index (χ3v) is 3.94. The molecule has 2 fully saturated rings. The predicted molar refractivity (Wildman–Crippen MR) is 73.8 cm³/mol. The van der Waals surface area contributed by atoms with Crippen molar-refractivity contribution in [1.29, 1.82) is 5.26 Å². The minimum absolute atomic E-state index is 0.0376. The first-order valence-corrected chi connectivity index (χ1v) is 7.07. The van der Waals surface area contributed by atoms with E-state index in [9.17, 15) is 4.79 Å². The lowest BCUT2D eigenvalue weighted by molar-refractivity contribution is 0.0108. The molecule has 2 atom stereocenters. The van der Waals surface area contributed by atoms with Crippen molar-refractivity contribution < 1.29 is 14.3 Å². The van der Waals surface area contributed by atoms with E-state index >= 15 is 0 Å². The molecule has 2 aliphatic rings. The Balaban J connectivity index is 1.62. The Hall–Kier alpha value is -1.88. The van der Waals surface area contributed by atoms with Crippen molar-refractivity contribution in [3.8, 4) is 6.07 Å². The van der Waals surface area contributed by atoms with Crippen LogP contribution in [-0.2, 0) is 9.47 Å². The topological polar surface area (TPSA) is 90.4 Å². The van der Waals surface area contributed by atoms with Gasteiger partial charge in [-0.3, -0.25) is 9.69 Å². The fraction of sp³-hybridized carbons (Fsp3) is 0.571. The van der Waals surface area contributed by atoms with Crippen LogP contribution < -0.4 is 5.32 Å². The van der Waals surface area contributed by atoms with E-state index in [4.69, 9.17) is 14.7 Å². The highest BCUT2D eigenvalue weighted by atomic mass is 16.5. The molecular formula is C14H18N4O3. The van der Waals surface area contributed by atoms with Crippen LogP contribution in [0.1, 0.15) is 16.1 Å². The molecule has 3 heterocycles. The lowest BCUT2D eigenvalue weighted by Crippen LogP contribution is -2.54. The van der Waals surface area contributed by atoms with Gasteiger partial charge in [-0.05, 0) is 6.07 Å². The molecule has 3 rings (SSSR count). The summed E-state index contributed by atoms with van der Waals surface area (Å²) in [6.45, 7) is 4.31. The van der Waals surface area contributed by atoms with E-state index < -0.39 is 0 Å². The Morgan fingerprint density at radius 1 is 1.38 bits per heavy atom. The zero-order chi connectivity index (χ0) is 14.7. The lowest BCUT2D eigenvalue weighted by atomic mass is 10.1. The molecule has 0 radical (unpaired) electrons. The maximum Gasteiger partial charge on any atom is 0.268 e. The summed E-state index contributed by atoms with van der Waals surface area (Å²) < 4.78 is 10.9. The van der Waals surface area contributed by atoms with E-state index in [2.05, 4.69) is 15.2 Å². The number of aromatic amines is 1. The number of hydrogen-bond donors (Lipinski definition) is 2. The van der Waals surface area contributed by atoms with E-state index in [0.29, 0.717) is 24.5 Å². The molecule has 0 unspecified atom stereocenters. The second kappa shape index (κ2) is 6.26. The van der Waals surface area contributed by atoms with Crippen molar-refractivity contribution in [2.45, 2.75) is 12.1 Å². The van der Waals surface area contributed by atoms with Gasteiger partial charge in [0.05, 0.1) is 44.1 Å². The Bertz CT molecular complexity index is 545. The summed E-state index contributed by atoms with van der Waals surface area (Å²) in [4.78, 5) is 17.3. The lowest BCUT2D eigenvalue weighted by Gasteiger charge is -2.34. The van der Waals surface area contributed by atoms with Crippen LogP contribution in [0.3, 0.4) is 0 Å². The molecule has 1 amide bonds. The molecule has 1 aromatic heterocycles. The molecule has 1 aromatic rings. The number of nitriles is 1. The van der Waals surface area contributed by atoms with Gasteiger partial charge in [-0.2, -0.15) is 5.26 Å². The summed E-state index contributed by atoms with van der Waals surface area (Å²) >= 11 is 0. The number of carbonyl (C=O) groups is 1. The average molecular weight is 290 g/mol. The second-order valence-corrected chi connectivity index (χ2v) is 5.25. The second-order valence-electron chi connectivity index (χ2n) is 5.25.